The van der Waals surface area contributed by atoms with Gasteiger partial charge in [-0.3, -0.25) is 0 Å². The molecular weight excluding hydrogens is 314 g/mol. The maximum atomic E-state index is 5.96. The van der Waals surface area contributed by atoms with Gasteiger partial charge >= 0.3 is 0 Å². The Morgan fingerprint density at radius 3 is 1.08 bits per heavy atom. The molecule has 0 aliphatic heterocycles. The molecule has 0 atom stereocenters. The third-order valence-corrected chi connectivity index (χ3v) is 5.74. The van der Waals surface area contributed by atoms with E-state index in [0.717, 1.165) is 5.88 Å². The van der Waals surface area contributed by atoms with Crippen molar-refractivity contribution in [1.29, 1.82) is 0 Å². The lowest BCUT2D eigenvalue weighted by Crippen LogP contribution is -2.50. The molecule has 0 aromatic carbocycles. The second-order valence-electron chi connectivity index (χ2n) is 7.81. The summed E-state index contributed by atoms with van der Waals surface area (Å²) in [5.74, 6) is 0.835. The van der Waals surface area contributed by atoms with Crippen LogP contribution in [0.3, 0.4) is 0 Å². The predicted molar refractivity (Wildman–Crippen MR) is 112 cm³/mol. The van der Waals surface area contributed by atoms with Crippen molar-refractivity contribution in [3.05, 3.63) is 0 Å². The van der Waals surface area contributed by atoms with Crippen molar-refractivity contribution in [1.82, 2.24) is 0 Å². The molecule has 146 valence electrons. The lowest BCUT2D eigenvalue weighted by atomic mass is 10.1. The van der Waals surface area contributed by atoms with Crippen molar-refractivity contribution in [3.8, 4) is 0 Å². The molecule has 0 heterocycles. The summed E-state index contributed by atoms with van der Waals surface area (Å²) in [4.78, 5) is 0. The molecule has 1 nitrogen and oxygen atoms in total. The molecule has 0 aromatic rings. The Hall–Kier alpha value is 0.250. The van der Waals surface area contributed by atoms with E-state index in [1.165, 1.54) is 121 Å². The lowest BCUT2D eigenvalue weighted by molar-refractivity contribution is -0.929. The SMILES string of the molecule is CCCCCC[N+](CCCCCl)(CCCCCC)CCCCCC. The summed E-state index contributed by atoms with van der Waals surface area (Å²) in [6.07, 6.45) is 19.3. The van der Waals surface area contributed by atoms with Crippen LogP contribution >= 0.6 is 11.6 Å². The van der Waals surface area contributed by atoms with Gasteiger partial charge in [-0.2, -0.15) is 0 Å². The monoisotopic (exact) mass is 360 g/mol. The van der Waals surface area contributed by atoms with Crippen LogP contribution in [0.5, 0.6) is 0 Å². The van der Waals surface area contributed by atoms with Crippen molar-refractivity contribution >= 4 is 11.6 Å². The highest BCUT2D eigenvalue weighted by atomic mass is 35.5. The van der Waals surface area contributed by atoms with Gasteiger partial charge in [-0.05, 0) is 51.4 Å². The van der Waals surface area contributed by atoms with E-state index < -0.39 is 0 Å². The third kappa shape index (κ3) is 13.5. The van der Waals surface area contributed by atoms with Gasteiger partial charge in [-0.1, -0.05) is 59.3 Å². The van der Waals surface area contributed by atoms with Gasteiger partial charge in [0.05, 0.1) is 26.2 Å². The molecule has 24 heavy (non-hydrogen) atoms. The molecule has 0 saturated heterocycles. The lowest BCUT2D eigenvalue weighted by Gasteiger charge is -2.39. The van der Waals surface area contributed by atoms with E-state index in [9.17, 15) is 0 Å². The molecule has 0 bridgehead atoms. The van der Waals surface area contributed by atoms with Crippen molar-refractivity contribution in [2.24, 2.45) is 0 Å². The fourth-order valence-electron chi connectivity index (χ4n) is 3.83. The average molecular weight is 361 g/mol. The van der Waals surface area contributed by atoms with Crippen LogP contribution < -0.4 is 0 Å². The number of hydrogen-bond acceptors (Lipinski definition) is 0. The first kappa shape index (κ1) is 24.2. The van der Waals surface area contributed by atoms with Crippen molar-refractivity contribution in [2.45, 2.75) is 111 Å². The highest BCUT2D eigenvalue weighted by Gasteiger charge is 2.25. The number of halogens is 1. The molecule has 0 aromatic heterocycles. The van der Waals surface area contributed by atoms with E-state index in [2.05, 4.69) is 20.8 Å². The van der Waals surface area contributed by atoms with E-state index >= 15 is 0 Å². The number of alkyl halides is 1. The van der Waals surface area contributed by atoms with Crippen LogP contribution in [0.25, 0.3) is 0 Å². The summed E-state index contributed by atoms with van der Waals surface area (Å²) in [6.45, 7) is 12.6. The van der Waals surface area contributed by atoms with Gasteiger partial charge in [0, 0.05) is 5.88 Å². The molecule has 0 unspecified atom stereocenters. The van der Waals surface area contributed by atoms with Crippen LogP contribution in [-0.2, 0) is 0 Å². The minimum atomic E-state index is 0.835. The van der Waals surface area contributed by atoms with E-state index in [1.54, 1.807) is 0 Å². The maximum Gasteiger partial charge on any atom is 0.0787 e. The van der Waals surface area contributed by atoms with Gasteiger partial charge in [0.1, 0.15) is 0 Å². The Kier molecular flexibility index (Phi) is 18.2. The molecule has 0 amide bonds. The quantitative estimate of drug-likeness (QED) is 0.126. The number of unbranched alkanes of at least 4 members (excludes halogenated alkanes) is 10. The first-order valence-corrected chi connectivity index (χ1v) is 11.7. The second kappa shape index (κ2) is 18.1. The van der Waals surface area contributed by atoms with Gasteiger partial charge in [0.15, 0.2) is 0 Å². The molecule has 0 rings (SSSR count). The fraction of sp³-hybridized carbons (Fsp3) is 1.00. The van der Waals surface area contributed by atoms with Crippen LogP contribution in [0.15, 0.2) is 0 Å². The largest absolute Gasteiger partial charge is 0.324 e. The zero-order valence-electron chi connectivity index (χ0n) is 17.3. The molecule has 2 heteroatoms. The molecule has 0 N–H and O–H groups in total. The Labute approximate surface area is 159 Å². The second-order valence-corrected chi connectivity index (χ2v) is 8.19. The van der Waals surface area contributed by atoms with Crippen LogP contribution in [0, 0.1) is 0 Å². The van der Waals surface area contributed by atoms with E-state index in [4.69, 9.17) is 11.6 Å². The summed E-state index contributed by atoms with van der Waals surface area (Å²) >= 11 is 5.96. The minimum Gasteiger partial charge on any atom is -0.324 e. The van der Waals surface area contributed by atoms with E-state index in [1.807, 2.05) is 0 Å². The number of hydrogen-bond donors (Lipinski definition) is 0. The van der Waals surface area contributed by atoms with Crippen LogP contribution in [-0.4, -0.2) is 36.5 Å². The van der Waals surface area contributed by atoms with Crippen molar-refractivity contribution in [2.75, 3.05) is 32.1 Å². The standard InChI is InChI=1S/C22H47ClN/c1-4-7-10-14-19-24(22-17-13-18-23,20-15-11-8-5-2)21-16-12-9-6-3/h4-22H2,1-3H3/q+1. The highest BCUT2D eigenvalue weighted by molar-refractivity contribution is 6.17. The van der Waals surface area contributed by atoms with Gasteiger partial charge in [0.25, 0.3) is 0 Å². The predicted octanol–water partition coefficient (Wildman–Crippen LogP) is 7.56. The van der Waals surface area contributed by atoms with Crippen molar-refractivity contribution in [3.63, 3.8) is 0 Å². The van der Waals surface area contributed by atoms with Crippen LogP contribution in [0.2, 0.25) is 0 Å². The molecule has 0 spiro atoms. The molecule has 0 fully saturated rings. The highest BCUT2D eigenvalue weighted by Crippen LogP contribution is 2.19. The number of quaternary nitrogens is 1. The number of nitrogens with zero attached hydrogens (tertiary/aromatic N) is 1. The minimum absolute atomic E-state index is 0.835. The first-order chi connectivity index (χ1) is 11.7. The Bertz CT molecular complexity index is 211. The molecule has 0 saturated carbocycles. The van der Waals surface area contributed by atoms with Gasteiger partial charge in [-0.15, -0.1) is 11.6 Å². The van der Waals surface area contributed by atoms with Crippen LogP contribution in [0.1, 0.15) is 111 Å². The molecule has 0 radical (unpaired) electrons. The summed E-state index contributed by atoms with van der Waals surface area (Å²) in [5, 5.41) is 0. The number of rotatable bonds is 19. The summed E-state index contributed by atoms with van der Waals surface area (Å²) in [5.41, 5.74) is 0. The fourth-order valence-corrected chi connectivity index (χ4v) is 4.02. The molecule has 0 aliphatic rings. The Morgan fingerprint density at radius 2 is 0.792 bits per heavy atom. The average Bonchev–Trinajstić information content (AvgIpc) is 2.60. The van der Waals surface area contributed by atoms with E-state index in [0.29, 0.717) is 0 Å². The zero-order chi connectivity index (χ0) is 17.9. The molecular formula is C22H47ClN+. The normalized spacial score (nSPS) is 12.0. The first-order valence-electron chi connectivity index (χ1n) is 11.2. The zero-order valence-corrected chi connectivity index (χ0v) is 18.0. The van der Waals surface area contributed by atoms with Gasteiger partial charge < -0.3 is 4.48 Å². The molecule has 0 aliphatic carbocycles. The smallest absolute Gasteiger partial charge is 0.0787 e. The van der Waals surface area contributed by atoms with Crippen LogP contribution in [0.4, 0.5) is 0 Å². The van der Waals surface area contributed by atoms with E-state index in [-0.39, 0.29) is 0 Å². The van der Waals surface area contributed by atoms with Gasteiger partial charge in [0.2, 0.25) is 0 Å². The Balaban J connectivity index is 4.58. The third-order valence-electron chi connectivity index (χ3n) is 5.47. The maximum absolute atomic E-state index is 5.96. The summed E-state index contributed by atoms with van der Waals surface area (Å²) in [6, 6.07) is 0. The topological polar surface area (TPSA) is 0 Å². The van der Waals surface area contributed by atoms with Gasteiger partial charge in [-0.25, -0.2) is 0 Å². The summed E-state index contributed by atoms with van der Waals surface area (Å²) < 4.78 is 1.40. The van der Waals surface area contributed by atoms with Crippen molar-refractivity contribution < 1.29 is 4.48 Å². The summed E-state index contributed by atoms with van der Waals surface area (Å²) in [7, 11) is 0. The Morgan fingerprint density at radius 1 is 0.458 bits per heavy atom.